The highest BCUT2D eigenvalue weighted by Crippen LogP contribution is 1.85. The molecule has 4 heteroatoms. The maximum Gasteiger partial charge on any atom is 0.0335 e. The minimum Gasteiger partial charge on any atom is -0.317 e. The average molecular weight is 244 g/mol. The summed E-state index contributed by atoms with van der Waals surface area (Å²) in [6.45, 7) is 2.63. The number of halogens is 1. The van der Waals surface area contributed by atoms with Crippen LogP contribution in [0.15, 0.2) is 0 Å². The lowest BCUT2D eigenvalue weighted by atomic mass is 10.5. The van der Waals surface area contributed by atoms with Crippen molar-refractivity contribution in [1.82, 2.24) is 10.4 Å². The van der Waals surface area contributed by atoms with Crippen molar-refractivity contribution in [2.45, 2.75) is 0 Å². The molecule has 0 amide bonds. The molecule has 0 aliphatic rings. The Morgan fingerprint density at radius 1 is 1.56 bits per heavy atom. The molecule has 0 heterocycles. The van der Waals surface area contributed by atoms with E-state index < -0.39 is 0 Å². The second-order valence-corrected chi connectivity index (χ2v) is 2.98. The van der Waals surface area contributed by atoms with Gasteiger partial charge in [-0.3, -0.25) is 0 Å². The van der Waals surface area contributed by atoms with E-state index in [9.17, 15) is 0 Å². The van der Waals surface area contributed by atoms with Gasteiger partial charge in [0.25, 0.3) is 0 Å². The van der Waals surface area contributed by atoms with Crippen LogP contribution in [0.2, 0.25) is 0 Å². The molecular weight excluding hydrogens is 231 g/mol. The maximum atomic E-state index is 8.20. The zero-order valence-electron chi connectivity index (χ0n) is 5.60. The first-order valence-corrected chi connectivity index (χ1v) is 4.45. The van der Waals surface area contributed by atoms with Crippen molar-refractivity contribution in [3.8, 4) is 0 Å². The summed E-state index contributed by atoms with van der Waals surface area (Å²) >= 11 is 2.33. The molecule has 2 N–H and O–H groups in total. The quantitative estimate of drug-likeness (QED) is 0.415. The second kappa shape index (κ2) is 6.73. The lowest BCUT2D eigenvalue weighted by Crippen LogP contribution is -2.28. The van der Waals surface area contributed by atoms with Gasteiger partial charge < -0.3 is 10.1 Å². The van der Waals surface area contributed by atoms with E-state index in [1.165, 1.54) is 0 Å². The molecule has 0 aromatic heterocycles. The molecule has 0 atom stereocenters. The first-order valence-electron chi connectivity index (χ1n) is 2.92. The third-order valence-corrected chi connectivity index (χ3v) is 1.55. The Morgan fingerprint density at radius 3 is 2.67 bits per heavy atom. The van der Waals surface area contributed by atoms with Gasteiger partial charge in [-0.1, -0.05) is 22.6 Å². The highest BCUT2D eigenvalue weighted by Gasteiger charge is 1.93. The van der Waals surface area contributed by atoms with Crippen LogP contribution in [0.1, 0.15) is 0 Å². The highest BCUT2D eigenvalue weighted by molar-refractivity contribution is 14.1. The molecule has 3 nitrogen and oxygen atoms in total. The standard InChI is InChI=1S/C5H13IN2O/c1-8(4-2-6)5-3-7-9/h7,9H,2-5H2,1H3. The van der Waals surface area contributed by atoms with Crippen LogP contribution in [0.25, 0.3) is 0 Å². The molecule has 56 valence electrons. The van der Waals surface area contributed by atoms with Crippen molar-refractivity contribution in [3.05, 3.63) is 0 Å². The van der Waals surface area contributed by atoms with Gasteiger partial charge in [0.05, 0.1) is 0 Å². The van der Waals surface area contributed by atoms with Crippen molar-refractivity contribution < 1.29 is 5.21 Å². The third-order valence-electron chi connectivity index (χ3n) is 1.07. The molecule has 9 heavy (non-hydrogen) atoms. The van der Waals surface area contributed by atoms with Crippen molar-refractivity contribution in [3.63, 3.8) is 0 Å². The van der Waals surface area contributed by atoms with Crippen LogP contribution < -0.4 is 5.48 Å². The van der Waals surface area contributed by atoms with Gasteiger partial charge in [-0.15, -0.1) is 0 Å². The van der Waals surface area contributed by atoms with Gasteiger partial charge in [-0.25, -0.2) is 5.48 Å². The Bertz CT molecular complexity index is 62.9. The average Bonchev–Trinajstić information content (AvgIpc) is 1.85. The fraction of sp³-hybridized carbons (Fsp3) is 1.00. The normalized spacial score (nSPS) is 10.7. The predicted octanol–water partition coefficient (Wildman–Crippen LogP) is 0.332. The van der Waals surface area contributed by atoms with Crippen molar-refractivity contribution in [2.75, 3.05) is 31.1 Å². The topological polar surface area (TPSA) is 35.5 Å². The van der Waals surface area contributed by atoms with Gasteiger partial charge in [0.2, 0.25) is 0 Å². The Kier molecular flexibility index (Phi) is 7.18. The van der Waals surface area contributed by atoms with Crippen LogP contribution in [0.5, 0.6) is 0 Å². The predicted molar refractivity (Wildman–Crippen MR) is 46.2 cm³/mol. The van der Waals surface area contributed by atoms with E-state index in [0.717, 1.165) is 17.5 Å². The molecule has 0 unspecified atom stereocenters. The lowest BCUT2D eigenvalue weighted by molar-refractivity contribution is 0.154. The summed E-state index contributed by atoms with van der Waals surface area (Å²) in [6.07, 6.45) is 0. The molecule has 0 aromatic rings. The summed E-state index contributed by atoms with van der Waals surface area (Å²) in [5, 5.41) is 8.20. The maximum absolute atomic E-state index is 8.20. The van der Waals surface area contributed by atoms with Crippen LogP contribution in [0.3, 0.4) is 0 Å². The number of nitrogens with zero attached hydrogens (tertiary/aromatic N) is 1. The van der Waals surface area contributed by atoms with Gasteiger partial charge in [-0.05, 0) is 7.05 Å². The summed E-state index contributed by atoms with van der Waals surface area (Å²) in [5.74, 6) is 0. The van der Waals surface area contributed by atoms with Gasteiger partial charge in [0, 0.05) is 24.1 Å². The minimum atomic E-state index is 0.646. The van der Waals surface area contributed by atoms with E-state index in [1.54, 1.807) is 0 Å². The molecule has 0 aliphatic heterocycles. The Morgan fingerprint density at radius 2 is 2.22 bits per heavy atom. The fourth-order valence-electron chi connectivity index (χ4n) is 0.497. The zero-order valence-corrected chi connectivity index (χ0v) is 7.76. The number of hydrogen-bond acceptors (Lipinski definition) is 3. The first kappa shape index (κ1) is 9.61. The van der Waals surface area contributed by atoms with Gasteiger partial charge in [0.1, 0.15) is 0 Å². The summed E-state index contributed by atoms with van der Waals surface area (Å²) in [6, 6.07) is 0. The van der Waals surface area contributed by atoms with Crippen LogP contribution in [0, 0.1) is 0 Å². The van der Waals surface area contributed by atoms with Crippen molar-refractivity contribution in [1.29, 1.82) is 0 Å². The number of hydroxylamine groups is 1. The van der Waals surface area contributed by atoms with Crippen LogP contribution in [-0.2, 0) is 0 Å². The Hall–Kier alpha value is 0.610. The summed E-state index contributed by atoms with van der Waals surface area (Å²) in [5.41, 5.74) is 2.11. The molecule has 0 bridgehead atoms. The van der Waals surface area contributed by atoms with Gasteiger partial charge in [0.15, 0.2) is 0 Å². The third kappa shape index (κ3) is 6.50. The molecule has 0 rings (SSSR count). The minimum absolute atomic E-state index is 0.646. The Labute approximate surface area is 69.5 Å². The number of likely N-dealkylation sites (N-methyl/N-ethyl adjacent to an activating group) is 1. The van der Waals surface area contributed by atoms with Gasteiger partial charge in [-0.2, -0.15) is 0 Å². The Balaban J connectivity index is 2.95. The molecule has 0 aliphatic carbocycles. The molecule has 0 saturated heterocycles. The largest absolute Gasteiger partial charge is 0.317 e. The summed E-state index contributed by atoms with van der Waals surface area (Å²) in [4.78, 5) is 2.16. The zero-order chi connectivity index (χ0) is 7.11. The number of nitrogens with one attached hydrogen (secondary N) is 1. The van der Waals surface area contributed by atoms with Crippen molar-refractivity contribution in [2.24, 2.45) is 0 Å². The highest BCUT2D eigenvalue weighted by atomic mass is 127. The molecule has 0 saturated carbocycles. The first-order chi connectivity index (χ1) is 4.31. The smallest absolute Gasteiger partial charge is 0.0335 e. The molecule has 0 radical (unpaired) electrons. The number of hydrogen-bond donors (Lipinski definition) is 2. The van der Waals surface area contributed by atoms with E-state index in [0.29, 0.717) is 6.54 Å². The molecule has 0 spiro atoms. The summed E-state index contributed by atoms with van der Waals surface area (Å²) in [7, 11) is 2.04. The molecule has 0 fully saturated rings. The monoisotopic (exact) mass is 244 g/mol. The van der Waals surface area contributed by atoms with E-state index in [2.05, 4.69) is 33.0 Å². The summed E-state index contributed by atoms with van der Waals surface area (Å²) < 4.78 is 1.14. The van der Waals surface area contributed by atoms with E-state index >= 15 is 0 Å². The fourth-order valence-corrected chi connectivity index (χ4v) is 1.32. The van der Waals surface area contributed by atoms with E-state index in [-0.39, 0.29) is 0 Å². The molecule has 0 aromatic carbocycles. The van der Waals surface area contributed by atoms with Crippen LogP contribution in [0.4, 0.5) is 0 Å². The lowest BCUT2D eigenvalue weighted by Gasteiger charge is -2.13. The van der Waals surface area contributed by atoms with Gasteiger partial charge >= 0.3 is 0 Å². The number of alkyl halides is 1. The molecular formula is C5H13IN2O. The van der Waals surface area contributed by atoms with Crippen LogP contribution >= 0.6 is 22.6 Å². The second-order valence-electron chi connectivity index (χ2n) is 1.90. The van der Waals surface area contributed by atoms with E-state index in [4.69, 9.17) is 5.21 Å². The van der Waals surface area contributed by atoms with E-state index in [1.807, 2.05) is 7.05 Å². The number of rotatable bonds is 5. The SMILES string of the molecule is CN(CCI)CCNO. The van der Waals surface area contributed by atoms with Crippen LogP contribution in [-0.4, -0.2) is 41.2 Å². The van der Waals surface area contributed by atoms with Crippen molar-refractivity contribution >= 4 is 22.6 Å².